The number of carboxylic acid groups (broad SMARTS) is 1. The SMILES string of the molecule is O=C(O)C=Cc1cc2ccccc2n1S(=O)(=O)c1ccc(Br)cc1. The fourth-order valence-corrected chi connectivity index (χ4v) is 4.18. The quantitative estimate of drug-likeness (QED) is 0.670. The van der Waals surface area contributed by atoms with Gasteiger partial charge in [0.2, 0.25) is 0 Å². The summed E-state index contributed by atoms with van der Waals surface area (Å²) in [5, 5.41) is 9.55. The summed E-state index contributed by atoms with van der Waals surface area (Å²) in [5.74, 6) is -1.15. The minimum Gasteiger partial charge on any atom is -0.478 e. The normalized spacial score (nSPS) is 12.0. The highest BCUT2D eigenvalue weighted by Gasteiger charge is 2.22. The van der Waals surface area contributed by atoms with Crippen LogP contribution in [-0.2, 0) is 14.8 Å². The average Bonchev–Trinajstić information content (AvgIpc) is 2.92. The van der Waals surface area contributed by atoms with Gasteiger partial charge in [0, 0.05) is 15.9 Å². The van der Waals surface area contributed by atoms with Crippen molar-refractivity contribution in [1.29, 1.82) is 0 Å². The summed E-state index contributed by atoms with van der Waals surface area (Å²) in [7, 11) is -3.87. The number of aromatic nitrogens is 1. The lowest BCUT2D eigenvalue weighted by atomic mass is 10.2. The van der Waals surface area contributed by atoms with Crippen LogP contribution >= 0.6 is 15.9 Å². The number of carbonyl (C=O) groups is 1. The molecule has 24 heavy (non-hydrogen) atoms. The third kappa shape index (κ3) is 3.00. The van der Waals surface area contributed by atoms with Gasteiger partial charge in [-0.25, -0.2) is 17.2 Å². The van der Waals surface area contributed by atoms with Gasteiger partial charge in [-0.1, -0.05) is 34.1 Å². The van der Waals surface area contributed by atoms with Crippen molar-refractivity contribution in [2.24, 2.45) is 0 Å². The molecular formula is C17H12BrNO4S. The van der Waals surface area contributed by atoms with Gasteiger partial charge in [-0.05, 0) is 42.5 Å². The van der Waals surface area contributed by atoms with Crippen LogP contribution in [0, 0.1) is 0 Å². The maximum Gasteiger partial charge on any atom is 0.328 e. The lowest BCUT2D eigenvalue weighted by Gasteiger charge is -2.10. The van der Waals surface area contributed by atoms with Gasteiger partial charge in [-0.3, -0.25) is 0 Å². The smallest absolute Gasteiger partial charge is 0.328 e. The molecule has 2 aromatic carbocycles. The Hall–Kier alpha value is -2.38. The van der Waals surface area contributed by atoms with E-state index in [1.807, 2.05) is 0 Å². The third-order valence-electron chi connectivity index (χ3n) is 3.44. The molecule has 0 unspecified atom stereocenters. The van der Waals surface area contributed by atoms with Crippen molar-refractivity contribution in [2.75, 3.05) is 0 Å². The van der Waals surface area contributed by atoms with Crippen molar-refractivity contribution < 1.29 is 18.3 Å². The predicted octanol–water partition coefficient (Wildman–Crippen LogP) is 3.74. The zero-order valence-electron chi connectivity index (χ0n) is 12.3. The molecule has 0 fully saturated rings. The number of halogens is 1. The first-order valence-electron chi connectivity index (χ1n) is 6.92. The minimum atomic E-state index is -3.87. The lowest BCUT2D eigenvalue weighted by Crippen LogP contribution is -2.14. The highest BCUT2D eigenvalue weighted by Crippen LogP contribution is 2.27. The van der Waals surface area contributed by atoms with Gasteiger partial charge in [0.05, 0.1) is 16.1 Å². The molecule has 7 heteroatoms. The van der Waals surface area contributed by atoms with E-state index in [1.165, 1.54) is 18.2 Å². The van der Waals surface area contributed by atoms with Crippen LogP contribution in [0.25, 0.3) is 17.0 Å². The van der Waals surface area contributed by atoms with Crippen molar-refractivity contribution >= 4 is 48.9 Å². The van der Waals surface area contributed by atoms with Crippen LogP contribution < -0.4 is 0 Å². The van der Waals surface area contributed by atoms with Crippen molar-refractivity contribution in [2.45, 2.75) is 4.90 Å². The summed E-state index contributed by atoms with van der Waals surface area (Å²) in [6.45, 7) is 0. The van der Waals surface area contributed by atoms with E-state index in [9.17, 15) is 13.2 Å². The second-order valence-corrected chi connectivity index (χ2v) is 7.73. The van der Waals surface area contributed by atoms with Gasteiger partial charge >= 0.3 is 5.97 Å². The summed E-state index contributed by atoms with van der Waals surface area (Å²) in [6.07, 6.45) is 2.19. The molecule has 3 aromatic rings. The van der Waals surface area contributed by atoms with E-state index in [0.29, 0.717) is 10.9 Å². The Balaban J connectivity index is 2.28. The standard InChI is InChI=1S/C17H12BrNO4S/c18-13-5-8-15(9-6-13)24(22,23)19-14(7-10-17(20)21)11-12-3-1-2-4-16(12)19/h1-11H,(H,20,21). The van der Waals surface area contributed by atoms with Crippen molar-refractivity contribution in [3.8, 4) is 0 Å². The van der Waals surface area contributed by atoms with E-state index in [0.717, 1.165) is 14.5 Å². The minimum absolute atomic E-state index is 0.122. The molecular weight excluding hydrogens is 394 g/mol. The number of fused-ring (bicyclic) bond motifs is 1. The van der Waals surface area contributed by atoms with Gasteiger partial charge in [0.15, 0.2) is 0 Å². The molecule has 1 heterocycles. The van der Waals surface area contributed by atoms with Crippen LogP contribution in [0.3, 0.4) is 0 Å². The van der Waals surface area contributed by atoms with Crippen LogP contribution in [0.15, 0.2) is 70.0 Å². The third-order valence-corrected chi connectivity index (χ3v) is 5.73. The zero-order valence-corrected chi connectivity index (χ0v) is 14.7. The summed E-state index contributed by atoms with van der Waals surface area (Å²) >= 11 is 3.28. The van der Waals surface area contributed by atoms with Gasteiger partial charge in [0.1, 0.15) is 0 Å². The van der Waals surface area contributed by atoms with Crippen LogP contribution in [0.2, 0.25) is 0 Å². The molecule has 0 spiro atoms. The highest BCUT2D eigenvalue weighted by molar-refractivity contribution is 9.10. The number of nitrogens with zero attached hydrogens (tertiary/aromatic N) is 1. The van der Waals surface area contributed by atoms with Gasteiger partial charge in [-0.15, -0.1) is 0 Å². The molecule has 0 aliphatic heterocycles. The molecule has 0 atom stereocenters. The Morgan fingerprint density at radius 1 is 1.08 bits per heavy atom. The number of carboxylic acids is 1. The van der Waals surface area contributed by atoms with Crippen LogP contribution in [0.1, 0.15) is 5.69 Å². The summed E-state index contributed by atoms with van der Waals surface area (Å²) in [6, 6.07) is 14.9. The largest absolute Gasteiger partial charge is 0.478 e. The topological polar surface area (TPSA) is 76.4 Å². The molecule has 0 aliphatic carbocycles. The fraction of sp³-hybridized carbons (Fsp3) is 0. The van der Waals surface area contributed by atoms with Crippen molar-refractivity contribution in [3.63, 3.8) is 0 Å². The van der Waals surface area contributed by atoms with E-state index in [4.69, 9.17) is 5.11 Å². The van der Waals surface area contributed by atoms with Gasteiger partial charge < -0.3 is 5.11 Å². The monoisotopic (exact) mass is 405 g/mol. The Morgan fingerprint density at radius 2 is 1.75 bits per heavy atom. The number of aliphatic carboxylic acids is 1. The number of rotatable bonds is 4. The maximum absolute atomic E-state index is 13.1. The predicted molar refractivity (Wildman–Crippen MR) is 95.3 cm³/mol. The van der Waals surface area contributed by atoms with Crippen LogP contribution in [0.5, 0.6) is 0 Å². The van der Waals surface area contributed by atoms with Crippen LogP contribution in [0.4, 0.5) is 0 Å². The van der Waals surface area contributed by atoms with E-state index in [-0.39, 0.29) is 10.6 Å². The molecule has 0 saturated carbocycles. The summed E-state index contributed by atoms with van der Waals surface area (Å²) in [4.78, 5) is 10.9. The Morgan fingerprint density at radius 3 is 2.42 bits per heavy atom. The maximum atomic E-state index is 13.1. The van der Waals surface area contributed by atoms with E-state index in [1.54, 1.807) is 42.5 Å². The van der Waals surface area contributed by atoms with Gasteiger partial charge in [0.25, 0.3) is 10.0 Å². The van der Waals surface area contributed by atoms with E-state index < -0.39 is 16.0 Å². The summed E-state index contributed by atoms with van der Waals surface area (Å²) < 4.78 is 28.0. The second kappa shape index (κ2) is 6.26. The molecule has 3 rings (SSSR count). The molecule has 5 nitrogen and oxygen atoms in total. The average molecular weight is 406 g/mol. The molecule has 122 valence electrons. The highest BCUT2D eigenvalue weighted by atomic mass is 79.9. The Kier molecular flexibility index (Phi) is 4.29. The van der Waals surface area contributed by atoms with Crippen molar-refractivity contribution in [1.82, 2.24) is 3.97 Å². The van der Waals surface area contributed by atoms with Crippen molar-refractivity contribution in [3.05, 3.63) is 70.8 Å². The molecule has 0 amide bonds. The van der Waals surface area contributed by atoms with Gasteiger partial charge in [-0.2, -0.15) is 0 Å². The molecule has 0 saturated heterocycles. The lowest BCUT2D eigenvalue weighted by molar-refractivity contribution is -0.131. The first kappa shape index (κ1) is 16.5. The number of para-hydroxylation sites is 1. The number of benzene rings is 2. The molecule has 1 aromatic heterocycles. The van der Waals surface area contributed by atoms with E-state index >= 15 is 0 Å². The summed E-state index contributed by atoms with van der Waals surface area (Å²) in [5.41, 5.74) is 0.770. The van der Waals surface area contributed by atoms with E-state index in [2.05, 4.69) is 15.9 Å². The van der Waals surface area contributed by atoms with Crippen LogP contribution in [-0.4, -0.2) is 23.5 Å². The molecule has 0 bridgehead atoms. The first-order valence-corrected chi connectivity index (χ1v) is 9.15. The molecule has 0 radical (unpaired) electrons. The number of hydrogen-bond acceptors (Lipinski definition) is 3. The molecule has 1 N–H and O–H groups in total. The molecule has 0 aliphatic rings. The zero-order chi connectivity index (χ0) is 17.3. The first-order chi connectivity index (χ1) is 11.4. The fourth-order valence-electron chi connectivity index (χ4n) is 2.40. The number of hydrogen-bond donors (Lipinski definition) is 1. The Labute approximate surface area is 147 Å². The Bertz CT molecular complexity index is 1050. The second-order valence-electron chi connectivity index (χ2n) is 5.02.